The maximum Gasteiger partial charge on any atom is 0.217 e. The second-order valence-electron chi connectivity index (χ2n) is 25.3. The van der Waals surface area contributed by atoms with Crippen molar-refractivity contribution in [2.24, 2.45) is 0 Å². The number of aliphatic hydroxyl groups excluding tert-OH is 21. The topological polar surface area (TPSA) is 680 Å². The quantitative estimate of drug-likeness (QED) is 0.0404. The van der Waals surface area contributed by atoms with E-state index in [0.29, 0.717) is 0 Å². The summed E-state index contributed by atoms with van der Waals surface area (Å²) < 4.78 is 89.0. The monoisotopic (exact) mass is 1460 g/mol. The number of ether oxygens (including phenoxy) is 15. The zero-order valence-electron chi connectivity index (χ0n) is 54.2. The maximum atomic E-state index is 12.9. The first-order valence-corrected chi connectivity index (χ1v) is 32.0. The van der Waals surface area contributed by atoms with Gasteiger partial charge in [-0.25, -0.2) is 0 Å². The van der Waals surface area contributed by atoms with Crippen molar-refractivity contribution >= 4 is 23.6 Å². The van der Waals surface area contributed by atoms with Crippen LogP contribution >= 0.6 is 0 Å². The van der Waals surface area contributed by atoms with Crippen molar-refractivity contribution in [1.82, 2.24) is 21.3 Å². The van der Waals surface area contributed by atoms with Gasteiger partial charge in [0.05, 0.1) is 52.4 Å². The van der Waals surface area contributed by atoms with Gasteiger partial charge in [-0.1, -0.05) is 0 Å². The minimum atomic E-state index is -2.49. The molecule has 8 aliphatic heterocycles. The molecule has 0 spiro atoms. The molecule has 0 aliphatic carbocycles. The summed E-state index contributed by atoms with van der Waals surface area (Å²) in [6.07, 6.45) is -72.1. The number of carbonyl (C=O) groups excluding carboxylic acids is 4. The highest BCUT2D eigenvalue weighted by molar-refractivity contribution is 5.74. The van der Waals surface area contributed by atoms with Crippen molar-refractivity contribution in [3.8, 4) is 0 Å². The first kappa shape index (κ1) is 82.1. The minimum Gasteiger partial charge on any atom is -0.394 e. The molecule has 25 N–H and O–H groups in total. The molecule has 44 nitrogen and oxygen atoms in total. The van der Waals surface area contributed by atoms with Crippen molar-refractivity contribution < 1.29 is 197 Å². The molecule has 0 unspecified atom stereocenters. The van der Waals surface area contributed by atoms with E-state index in [-0.39, 0.29) is 0 Å². The van der Waals surface area contributed by atoms with Crippen LogP contribution in [0.3, 0.4) is 0 Å². The number of carbonyl (C=O) groups is 4. The van der Waals surface area contributed by atoms with E-state index in [1.54, 1.807) is 0 Å². The van der Waals surface area contributed by atoms with E-state index in [1.165, 1.54) is 6.92 Å². The Kier molecular flexibility index (Phi) is 29.3. The number of amides is 4. The van der Waals surface area contributed by atoms with Gasteiger partial charge in [0.1, 0.15) is 189 Å². The average Bonchev–Trinajstić information content (AvgIpc) is 0.778. The highest BCUT2D eigenvalue weighted by Crippen LogP contribution is 2.39. The normalized spacial score (nSPS) is 48.7. The summed E-state index contributed by atoms with van der Waals surface area (Å²) in [5.74, 6) is -3.41. The van der Waals surface area contributed by atoms with Crippen LogP contribution in [-0.2, 0) is 90.2 Å². The van der Waals surface area contributed by atoms with E-state index >= 15 is 0 Å². The Morgan fingerprint density at radius 3 is 1.13 bits per heavy atom. The molecular formula is C56H94N4O40. The Balaban J connectivity index is 1.15. The zero-order chi connectivity index (χ0) is 73.8. The first-order valence-electron chi connectivity index (χ1n) is 32.0. The van der Waals surface area contributed by atoms with E-state index in [1.807, 2.05) is 0 Å². The molecule has 8 fully saturated rings. The molecule has 8 heterocycles. The lowest BCUT2D eigenvalue weighted by Gasteiger charge is -2.51. The van der Waals surface area contributed by atoms with Crippen LogP contribution < -0.4 is 21.3 Å². The van der Waals surface area contributed by atoms with Crippen LogP contribution in [0.2, 0.25) is 0 Å². The van der Waals surface area contributed by atoms with Gasteiger partial charge < -0.3 is 200 Å². The lowest BCUT2D eigenvalue weighted by molar-refractivity contribution is -0.396. The molecule has 0 saturated carbocycles. The summed E-state index contributed by atoms with van der Waals surface area (Å²) in [4.78, 5) is 50.3. The molecule has 40 atom stereocenters. The van der Waals surface area contributed by atoms with E-state index < -0.39 is 315 Å². The summed E-state index contributed by atoms with van der Waals surface area (Å²) >= 11 is 0. The van der Waals surface area contributed by atoms with E-state index in [9.17, 15) is 126 Å². The van der Waals surface area contributed by atoms with E-state index in [2.05, 4.69) is 21.3 Å². The molecular weight excluding hydrogens is 1370 g/mol. The van der Waals surface area contributed by atoms with Crippen molar-refractivity contribution in [3.05, 3.63) is 0 Å². The molecule has 8 aliphatic rings. The standard InChI is InChI=1S/C56H94N4O40/c1-13-29(71)38(80)41(83)53(87-13)97-45-28(60-17(5)70)52(90-21(9-64)33(45)75)99-47-39(81)31(73)19(7-62)91-55(47)86-12-24-34(76)46(98-56-48(40(82)32(74)20(8-63)92-56)100-50-26(58-15(3)68)35(77)30(72)18(6-61)89-50)42(84)54(94-24)96-44-23(11-66)93-51(27(37(44)79)59-16(4)69)95-43-22(10-65)88-49(85)25(36(43)78)57-14(2)67/h13,18-56,61-66,71-85H,6-12H2,1-5H3,(H,57,67)(H,58,68)(H,59,69)(H,60,70)/t13-,18+,19+,20+,21+,22+,23+,24+,25+,26+,27+,28+,29+,30+,31+,32+,33+,34+,35+,36+,37+,38+,39-,40-,41-,42-,43+,44+,45+,46-,47-,48-,49+,50-,51-,52-,53-,54-,55-,56+/m0/s1. The lowest BCUT2D eigenvalue weighted by atomic mass is 9.93. The van der Waals surface area contributed by atoms with Crippen molar-refractivity contribution in [2.45, 2.75) is 280 Å². The van der Waals surface area contributed by atoms with Gasteiger partial charge in [-0.15, -0.1) is 0 Å². The number of hydrogen-bond donors (Lipinski definition) is 25. The molecule has 44 heteroatoms. The van der Waals surface area contributed by atoms with Gasteiger partial charge in [-0.2, -0.15) is 0 Å². The number of aliphatic hydroxyl groups is 21. The third-order valence-electron chi connectivity index (χ3n) is 18.2. The van der Waals surface area contributed by atoms with Crippen LogP contribution in [0, 0.1) is 0 Å². The van der Waals surface area contributed by atoms with E-state index in [0.717, 1.165) is 27.7 Å². The summed E-state index contributed by atoms with van der Waals surface area (Å²) in [5, 5.41) is 242. The minimum absolute atomic E-state index is 0.765. The van der Waals surface area contributed by atoms with Crippen LogP contribution in [-0.4, -0.2) is 423 Å². The Morgan fingerprint density at radius 1 is 0.280 bits per heavy atom. The number of hydrogen-bond acceptors (Lipinski definition) is 40. The van der Waals surface area contributed by atoms with Crippen LogP contribution in [0.5, 0.6) is 0 Å². The molecule has 8 saturated heterocycles. The zero-order valence-corrected chi connectivity index (χ0v) is 54.2. The van der Waals surface area contributed by atoms with Gasteiger partial charge in [0.15, 0.2) is 50.3 Å². The highest BCUT2D eigenvalue weighted by atomic mass is 16.8. The number of nitrogens with one attached hydrogen (secondary N) is 4. The fraction of sp³-hybridized carbons (Fsp3) is 0.929. The second-order valence-corrected chi connectivity index (χ2v) is 25.3. The molecule has 0 aromatic heterocycles. The van der Waals surface area contributed by atoms with Gasteiger partial charge in [0.2, 0.25) is 23.6 Å². The molecule has 0 bridgehead atoms. The van der Waals surface area contributed by atoms with Crippen LogP contribution in [0.15, 0.2) is 0 Å². The largest absolute Gasteiger partial charge is 0.394 e. The summed E-state index contributed by atoms with van der Waals surface area (Å²) in [5.41, 5.74) is 0. The van der Waals surface area contributed by atoms with Crippen molar-refractivity contribution in [1.29, 1.82) is 0 Å². The Labute approximate surface area is 567 Å². The molecule has 578 valence electrons. The predicted octanol–water partition coefficient (Wildman–Crippen LogP) is -16.8. The second kappa shape index (κ2) is 35.7. The Morgan fingerprint density at radius 2 is 0.620 bits per heavy atom. The van der Waals surface area contributed by atoms with E-state index in [4.69, 9.17) is 71.1 Å². The fourth-order valence-electron chi connectivity index (χ4n) is 12.9. The smallest absolute Gasteiger partial charge is 0.217 e. The fourth-order valence-corrected chi connectivity index (χ4v) is 12.9. The SMILES string of the molecule is CC(=O)N[C@@H]1[C@@H](O)[C@H](O[C@@H]2O[C@H](CO)[C@@H](O[C@@H]3O[C@H](CO[C@H]4O[C@H](CO)[C@@H](O)[C@H](O)[C@@H]4O[C@@H]4O[C@H](CO)[C@@H](O)[C@H](O[C@@H]5O[C@@H](C)[C@@H](O)[C@@H](O)[C@@H]5O)[C@H]4NC(C)=O)[C@@H](O)[C@H](O[C@H]4O[C@H](CO)[C@@H](O)[C@H](O)[C@@H]4O[C@@H]4O[C@H](CO)[C@@H](O)[C@H](O)[C@H]4NC(C)=O)[C@@H]3O)[C@H](O)[C@H]2NC(C)=O)[C@@H](CO)O[C@H]1O. The summed E-state index contributed by atoms with van der Waals surface area (Å²) in [6.45, 7) is -2.22. The van der Waals surface area contributed by atoms with Gasteiger partial charge in [0.25, 0.3) is 0 Å². The van der Waals surface area contributed by atoms with Crippen LogP contribution in [0.4, 0.5) is 0 Å². The number of rotatable bonds is 25. The molecule has 0 radical (unpaired) electrons. The molecule has 4 amide bonds. The third kappa shape index (κ3) is 18.1. The van der Waals surface area contributed by atoms with Crippen molar-refractivity contribution in [2.75, 3.05) is 46.2 Å². The van der Waals surface area contributed by atoms with Crippen LogP contribution in [0.25, 0.3) is 0 Å². The van der Waals surface area contributed by atoms with Gasteiger partial charge in [-0.3, -0.25) is 19.2 Å². The molecule has 8 rings (SSSR count). The highest BCUT2D eigenvalue weighted by Gasteiger charge is 2.60. The predicted molar refractivity (Wildman–Crippen MR) is 309 cm³/mol. The van der Waals surface area contributed by atoms with Gasteiger partial charge in [-0.05, 0) is 6.92 Å². The first-order chi connectivity index (χ1) is 47.2. The molecule has 100 heavy (non-hydrogen) atoms. The Bertz CT molecular complexity index is 2620. The van der Waals surface area contributed by atoms with Gasteiger partial charge in [0, 0.05) is 27.7 Å². The molecule has 0 aromatic rings. The Hall–Kier alpha value is -3.56. The maximum absolute atomic E-state index is 12.9. The summed E-state index contributed by atoms with van der Waals surface area (Å²) in [6, 6.07) is -7.05. The summed E-state index contributed by atoms with van der Waals surface area (Å²) in [7, 11) is 0. The van der Waals surface area contributed by atoms with Gasteiger partial charge >= 0.3 is 0 Å². The average molecular weight is 1460 g/mol. The lowest BCUT2D eigenvalue weighted by Crippen LogP contribution is -2.70. The van der Waals surface area contributed by atoms with Crippen molar-refractivity contribution in [3.63, 3.8) is 0 Å². The molecule has 0 aromatic carbocycles. The third-order valence-corrected chi connectivity index (χ3v) is 18.2. The van der Waals surface area contributed by atoms with Crippen LogP contribution in [0.1, 0.15) is 34.6 Å².